The van der Waals surface area contributed by atoms with Crippen molar-refractivity contribution in [2.75, 3.05) is 13.1 Å². The molecule has 0 amide bonds. The van der Waals surface area contributed by atoms with Crippen molar-refractivity contribution in [3.8, 4) is 0 Å². The lowest BCUT2D eigenvalue weighted by Gasteiger charge is -2.39. The summed E-state index contributed by atoms with van der Waals surface area (Å²) in [6, 6.07) is 0. The fourth-order valence-electron chi connectivity index (χ4n) is 3.49. The van der Waals surface area contributed by atoms with E-state index in [0.717, 1.165) is 13.1 Å². The van der Waals surface area contributed by atoms with Crippen LogP contribution in [0.25, 0.3) is 0 Å². The first kappa shape index (κ1) is 12.4. The second-order valence-corrected chi connectivity index (χ2v) is 6.39. The Labute approximate surface area is 100 Å². The average molecular weight is 224 g/mol. The van der Waals surface area contributed by atoms with Gasteiger partial charge in [-0.05, 0) is 44.6 Å². The molecule has 2 rings (SSSR count). The number of nitrogens with two attached hydrogens (primary N) is 1. The standard InChI is InChI=1S/C14H28N2/c1-13(7-3-2-4-8-13)16-12-14(11-15)9-5-6-10-14/h16H,2-12,15H2,1H3. The first-order valence-corrected chi connectivity index (χ1v) is 7.13. The van der Waals surface area contributed by atoms with E-state index in [9.17, 15) is 0 Å². The Morgan fingerprint density at radius 3 is 2.06 bits per heavy atom. The molecule has 0 heterocycles. The largest absolute Gasteiger partial charge is 0.330 e. The molecule has 0 aliphatic heterocycles. The summed E-state index contributed by atoms with van der Waals surface area (Å²) in [6.07, 6.45) is 12.4. The average Bonchev–Trinajstić information content (AvgIpc) is 2.77. The summed E-state index contributed by atoms with van der Waals surface area (Å²) in [7, 11) is 0. The second kappa shape index (κ2) is 5.05. The third kappa shape index (κ3) is 2.78. The Hall–Kier alpha value is -0.0800. The maximum atomic E-state index is 5.99. The summed E-state index contributed by atoms with van der Waals surface area (Å²) in [5, 5.41) is 3.85. The SMILES string of the molecule is CC1(NCC2(CN)CCCC2)CCCCC1. The Balaban J connectivity index is 1.85. The minimum Gasteiger partial charge on any atom is -0.330 e. The fourth-order valence-corrected chi connectivity index (χ4v) is 3.49. The summed E-state index contributed by atoms with van der Waals surface area (Å²) < 4.78 is 0. The zero-order valence-corrected chi connectivity index (χ0v) is 10.9. The van der Waals surface area contributed by atoms with E-state index in [1.165, 1.54) is 57.8 Å². The van der Waals surface area contributed by atoms with E-state index in [4.69, 9.17) is 5.73 Å². The van der Waals surface area contributed by atoms with Crippen LogP contribution in [-0.2, 0) is 0 Å². The molecule has 2 heteroatoms. The second-order valence-electron chi connectivity index (χ2n) is 6.39. The van der Waals surface area contributed by atoms with Crippen LogP contribution in [0.5, 0.6) is 0 Å². The number of nitrogens with one attached hydrogen (secondary N) is 1. The topological polar surface area (TPSA) is 38.0 Å². The summed E-state index contributed by atoms with van der Waals surface area (Å²) in [6.45, 7) is 4.43. The Bertz CT molecular complexity index is 213. The molecule has 2 fully saturated rings. The third-order valence-corrected chi connectivity index (χ3v) is 4.94. The molecule has 0 aromatic heterocycles. The van der Waals surface area contributed by atoms with Gasteiger partial charge in [-0.15, -0.1) is 0 Å². The maximum Gasteiger partial charge on any atom is 0.0153 e. The van der Waals surface area contributed by atoms with Crippen molar-refractivity contribution < 1.29 is 0 Å². The summed E-state index contributed by atoms with van der Waals surface area (Å²) in [5.41, 5.74) is 6.82. The molecule has 0 aromatic carbocycles. The van der Waals surface area contributed by atoms with Gasteiger partial charge < -0.3 is 11.1 Å². The molecule has 0 aromatic rings. The minimum atomic E-state index is 0.406. The summed E-state index contributed by atoms with van der Waals surface area (Å²) >= 11 is 0. The molecular formula is C14H28N2. The molecule has 94 valence electrons. The Morgan fingerprint density at radius 1 is 0.938 bits per heavy atom. The first-order chi connectivity index (χ1) is 7.68. The van der Waals surface area contributed by atoms with Gasteiger partial charge in [0, 0.05) is 12.1 Å². The van der Waals surface area contributed by atoms with Gasteiger partial charge >= 0.3 is 0 Å². The highest BCUT2D eigenvalue weighted by molar-refractivity contribution is 4.93. The molecule has 2 aliphatic rings. The van der Waals surface area contributed by atoms with Crippen LogP contribution >= 0.6 is 0 Å². The normalized spacial score (nSPS) is 28.1. The number of rotatable bonds is 4. The molecule has 0 bridgehead atoms. The summed E-state index contributed by atoms with van der Waals surface area (Å²) in [4.78, 5) is 0. The number of hydrogen-bond donors (Lipinski definition) is 2. The zero-order valence-electron chi connectivity index (χ0n) is 10.9. The van der Waals surface area contributed by atoms with Crippen LogP contribution in [0.4, 0.5) is 0 Å². The van der Waals surface area contributed by atoms with Gasteiger partial charge in [0.25, 0.3) is 0 Å². The van der Waals surface area contributed by atoms with E-state index in [0.29, 0.717) is 11.0 Å². The smallest absolute Gasteiger partial charge is 0.0153 e. The fraction of sp³-hybridized carbons (Fsp3) is 1.00. The Kier molecular flexibility index (Phi) is 3.91. The van der Waals surface area contributed by atoms with E-state index >= 15 is 0 Å². The van der Waals surface area contributed by atoms with Gasteiger partial charge in [-0.3, -0.25) is 0 Å². The molecule has 2 nitrogen and oxygen atoms in total. The molecule has 0 spiro atoms. The Morgan fingerprint density at radius 2 is 1.50 bits per heavy atom. The maximum absolute atomic E-state index is 5.99. The van der Waals surface area contributed by atoms with E-state index in [1.807, 2.05) is 0 Å². The predicted octanol–water partition coefficient (Wildman–Crippen LogP) is 2.82. The quantitative estimate of drug-likeness (QED) is 0.770. The lowest BCUT2D eigenvalue weighted by molar-refractivity contribution is 0.198. The molecule has 0 radical (unpaired) electrons. The van der Waals surface area contributed by atoms with E-state index < -0.39 is 0 Å². The van der Waals surface area contributed by atoms with Gasteiger partial charge in [-0.25, -0.2) is 0 Å². The van der Waals surface area contributed by atoms with Gasteiger partial charge in [0.15, 0.2) is 0 Å². The van der Waals surface area contributed by atoms with E-state index in [-0.39, 0.29) is 0 Å². The molecule has 0 saturated heterocycles. The highest BCUT2D eigenvalue weighted by Crippen LogP contribution is 2.37. The first-order valence-electron chi connectivity index (χ1n) is 7.13. The zero-order chi connectivity index (χ0) is 11.5. The van der Waals surface area contributed by atoms with Crippen molar-refractivity contribution in [1.29, 1.82) is 0 Å². The summed E-state index contributed by atoms with van der Waals surface area (Å²) in [5.74, 6) is 0. The van der Waals surface area contributed by atoms with Crippen LogP contribution in [0.15, 0.2) is 0 Å². The van der Waals surface area contributed by atoms with Crippen LogP contribution in [-0.4, -0.2) is 18.6 Å². The van der Waals surface area contributed by atoms with Crippen molar-refractivity contribution >= 4 is 0 Å². The van der Waals surface area contributed by atoms with Crippen LogP contribution < -0.4 is 11.1 Å². The van der Waals surface area contributed by atoms with Crippen molar-refractivity contribution in [3.63, 3.8) is 0 Å². The van der Waals surface area contributed by atoms with Crippen molar-refractivity contribution in [2.24, 2.45) is 11.1 Å². The van der Waals surface area contributed by atoms with Crippen LogP contribution in [0.2, 0.25) is 0 Å². The molecular weight excluding hydrogens is 196 g/mol. The third-order valence-electron chi connectivity index (χ3n) is 4.94. The van der Waals surface area contributed by atoms with Crippen LogP contribution in [0.3, 0.4) is 0 Å². The van der Waals surface area contributed by atoms with E-state index in [2.05, 4.69) is 12.2 Å². The van der Waals surface area contributed by atoms with Gasteiger partial charge in [-0.2, -0.15) is 0 Å². The molecule has 0 unspecified atom stereocenters. The van der Waals surface area contributed by atoms with Gasteiger partial charge in [0.05, 0.1) is 0 Å². The van der Waals surface area contributed by atoms with Crippen LogP contribution in [0, 0.1) is 5.41 Å². The lowest BCUT2D eigenvalue weighted by Crippen LogP contribution is -2.50. The molecule has 2 saturated carbocycles. The lowest BCUT2D eigenvalue weighted by atomic mass is 9.80. The monoisotopic (exact) mass is 224 g/mol. The van der Waals surface area contributed by atoms with Gasteiger partial charge in [0.1, 0.15) is 0 Å². The highest BCUT2D eigenvalue weighted by atomic mass is 15.0. The van der Waals surface area contributed by atoms with Gasteiger partial charge in [-0.1, -0.05) is 32.1 Å². The minimum absolute atomic E-state index is 0.406. The van der Waals surface area contributed by atoms with Crippen molar-refractivity contribution in [1.82, 2.24) is 5.32 Å². The van der Waals surface area contributed by atoms with Crippen LogP contribution in [0.1, 0.15) is 64.7 Å². The molecule has 0 atom stereocenters. The highest BCUT2D eigenvalue weighted by Gasteiger charge is 2.35. The van der Waals surface area contributed by atoms with E-state index in [1.54, 1.807) is 0 Å². The van der Waals surface area contributed by atoms with Crippen molar-refractivity contribution in [2.45, 2.75) is 70.3 Å². The number of hydrogen-bond acceptors (Lipinski definition) is 2. The molecule has 16 heavy (non-hydrogen) atoms. The molecule has 3 N–H and O–H groups in total. The predicted molar refractivity (Wildman–Crippen MR) is 69.4 cm³/mol. The molecule has 2 aliphatic carbocycles. The van der Waals surface area contributed by atoms with Gasteiger partial charge in [0.2, 0.25) is 0 Å². The van der Waals surface area contributed by atoms with Crippen molar-refractivity contribution in [3.05, 3.63) is 0 Å².